The van der Waals surface area contributed by atoms with Crippen LogP contribution in [-0.4, -0.2) is 56.0 Å². The second kappa shape index (κ2) is 8.42. The standard InChI is InChI=1S/C24H25N7O/c1-2-19-14-18-8-12-29(23-13-17(15-25)7-9-26-23)22(18)16-30(19)24(32)20-5-3-4-6-21(20)31-27-10-11-28-31/h3-7,9-11,13,18-19,22H,2,8,12,14,16H2,1H3/t18-,19-,22+/m1/s1. The molecule has 2 fully saturated rings. The highest BCUT2D eigenvalue weighted by molar-refractivity contribution is 5.98. The van der Waals surface area contributed by atoms with E-state index in [4.69, 9.17) is 0 Å². The number of carbonyl (C=O) groups is 1. The smallest absolute Gasteiger partial charge is 0.256 e. The molecule has 2 saturated heterocycles. The zero-order chi connectivity index (χ0) is 22.1. The number of rotatable bonds is 4. The summed E-state index contributed by atoms with van der Waals surface area (Å²) in [5, 5.41) is 17.7. The Hall–Kier alpha value is -3.73. The highest BCUT2D eigenvalue weighted by atomic mass is 16.2. The average Bonchev–Trinajstić information content (AvgIpc) is 3.53. The molecule has 2 aliphatic rings. The highest BCUT2D eigenvalue weighted by Gasteiger charge is 2.44. The third kappa shape index (κ3) is 3.50. The second-order valence-electron chi connectivity index (χ2n) is 8.41. The van der Waals surface area contributed by atoms with Gasteiger partial charge in [0.1, 0.15) is 5.82 Å². The van der Waals surface area contributed by atoms with Crippen LogP contribution in [0.2, 0.25) is 0 Å². The third-order valence-electron chi connectivity index (χ3n) is 6.75. The molecule has 8 heteroatoms. The molecule has 1 aromatic carbocycles. The topological polar surface area (TPSA) is 90.9 Å². The summed E-state index contributed by atoms with van der Waals surface area (Å²) in [6.07, 6.45) is 7.88. The first kappa shape index (κ1) is 20.2. The molecule has 0 saturated carbocycles. The van der Waals surface area contributed by atoms with Gasteiger partial charge in [0.2, 0.25) is 0 Å². The zero-order valence-electron chi connectivity index (χ0n) is 18.0. The quantitative estimate of drug-likeness (QED) is 0.636. The van der Waals surface area contributed by atoms with Crippen LogP contribution >= 0.6 is 0 Å². The van der Waals surface area contributed by atoms with Gasteiger partial charge in [-0.15, -0.1) is 0 Å². The molecule has 162 valence electrons. The fourth-order valence-corrected chi connectivity index (χ4v) is 5.16. The van der Waals surface area contributed by atoms with Crippen LogP contribution in [0.1, 0.15) is 42.1 Å². The number of nitrogens with zero attached hydrogens (tertiary/aromatic N) is 7. The normalized spacial score (nSPS) is 22.4. The molecule has 32 heavy (non-hydrogen) atoms. The van der Waals surface area contributed by atoms with Crippen LogP contribution in [0.5, 0.6) is 0 Å². The van der Waals surface area contributed by atoms with E-state index < -0.39 is 0 Å². The average molecular weight is 428 g/mol. The van der Waals surface area contributed by atoms with Crippen LogP contribution in [0.15, 0.2) is 55.0 Å². The number of piperidine rings is 1. The van der Waals surface area contributed by atoms with Gasteiger partial charge in [0.05, 0.1) is 41.3 Å². The number of hydrogen-bond donors (Lipinski definition) is 0. The first-order chi connectivity index (χ1) is 15.7. The molecule has 4 heterocycles. The van der Waals surface area contributed by atoms with Gasteiger partial charge in [0.25, 0.3) is 5.91 Å². The lowest BCUT2D eigenvalue weighted by atomic mass is 9.85. The van der Waals surface area contributed by atoms with Crippen LogP contribution in [-0.2, 0) is 0 Å². The second-order valence-corrected chi connectivity index (χ2v) is 8.41. The number of pyridine rings is 1. The summed E-state index contributed by atoms with van der Waals surface area (Å²) in [5.41, 5.74) is 1.90. The van der Waals surface area contributed by atoms with E-state index in [0.717, 1.165) is 31.6 Å². The molecular formula is C24H25N7O. The number of carbonyl (C=O) groups excluding carboxylic acids is 1. The van der Waals surface area contributed by atoms with Crippen LogP contribution in [0, 0.1) is 17.2 Å². The lowest BCUT2D eigenvalue weighted by Crippen LogP contribution is -2.55. The van der Waals surface area contributed by atoms with Crippen LogP contribution in [0.3, 0.4) is 0 Å². The minimum atomic E-state index is 0.00813. The third-order valence-corrected chi connectivity index (χ3v) is 6.75. The summed E-state index contributed by atoms with van der Waals surface area (Å²) in [5.74, 6) is 1.34. The Morgan fingerprint density at radius 2 is 2.00 bits per heavy atom. The Bertz CT molecular complexity index is 1150. The molecule has 2 aromatic heterocycles. The van der Waals surface area contributed by atoms with Crippen molar-refractivity contribution in [3.05, 3.63) is 66.1 Å². The number of anilines is 1. The van der Waals surface area contributed by atoms with Gasteiger partial charge in [-0.05, 0) is 49.4 Å². The van der Waals surface area contributed by atoms with Gasteiger partial charge < -0.3 is 9.80 Å². The largest absolute Gasteiger partial charge is 0.352 e. The van der Waals surface area contributed by atoms with Crippen molar-refractivity contribution < 1.29 is 4.79 Å². The Morgan fingerprint density at radius 3 is 2.78 bits per heavy atom. The van der Waals surface area contributed by atoms with E-state index >= 15 is 0 Å². The minimum Gasteiger partial charge on any atom is -0.352 e. The number of para-hydroxylation sites is 1. The van der Waals surface area contributed by atoms with Crippen molar-refractivity contribution in [2.24, 2.45) is 5.92 Å². The molecule has 2 aliphatic heterocycles. The molecular weight excluding hydrogens is 402 g/mol. The molecule has 0 aliphatic carbocycles. The fourth-order valence-electron chi connectivity index (χ4n) is 5.16. The maximum atomic E-state index is 13.8. The number of amides is 1. The van der Waals surface area contributed by atoms with Crippen molar-refractivity contribution in [1.82, 2.24) is 24.9 Å². The Balaban J connectivity index is 1.46. The Kier molecular flexibility index (Phi) is 5.31. The lowest BCUT2D eigenvalue weighted by molar-refractivity contribution is 0.0523. The first-order valence-electron chi connectivity index (χ1n) is 11.1. The van der Waals surface area contributed by atoms with E-state index in [0.29, 0.717) is 29.3 Å². The van der Waals surface area contributed by atoms with E-state index in [1.165, 1.54) is 4.80 Å². The molecule has 5 rings (SSSR count). The molecule has 1 amide bonds. The summed E-state index contributed by atoms with van der Waals surface area (Å²) in [4.78, 5) is 24.1. The van der Waals surface area contributed by atoms with Crippen molar-refractivity contribution in [3.8, 4) is 11.8 Å². The van der Waals surface area contributed by atoms with Crippen LogP contribution < -0.4 is 4.90 Å². The first-order valence-corrected chi connectivity index (χ1v) is 11.1. The van der Waals surface area contributed by atoms with E-state index in [1.807, 2.05) is 35.2 Å². The monoisotopic (exact) mass is 427 g/mol. The van der Waals surface area contributed by atoms with Gasteiger partial charge in [0.15, 0.2) is 0 Å². The van der Waals surface area contributed by atoms with Crippen molar-refractivity contribution in [3.63, 3.8) is 0 Å². The van der Waals surface area contributed by atoms with Crippen molar-refractivity contribution in [1.29, 1.82) is 5.26 Å². The van der Waals surface area contributed by atoms with Crippen LogP contribution in [0.25, 0.3) is 5.69 Å². The zero-order valence-corrected chi connectivity index (χ0v) is 18.0. The predicted octanol–water partition coefficient (Wildman–Crippen LogP) is 3.05. The predicted molar refractivity (Wildman–Crippen MR) is 119 cm³/mol. The number of nitriles is 1. The number of likely N-dealkylation sites (tertiary alicyclic amines) is 1. The molecule has 3 atom stereocenters. The minimum absolute atomic E-state index is 0.00813. The van der Waals surface area contributed by atoms with Gasteiger partial charge in [-0.3, -0.25) is 4.79 Å². The van der Waals surface area contributed by atoms with Gasteiger partial charge in [-0.2, -0.15) is 20.3 Å². The SMILES string of the molecule is CC[C@@H]1C[C@H]2CCN(c3cc(C#N)ccn3)[C@H]2CN1C(=O)c1ccccc1-n1nccn1. The number of aromatic nitrogens is 4. The summed E-state index contributed by atoms with van der Waals surface area (Å²) < 4.78 is 0. The van der Waals surface area contributed by atoms with Crippen molar-refractivity contribution >= 4 is 11.7 Å². The van der Waals surface area contributed by atoms with E-state index in [2.05, 4.69) is 33.1 Å². The van der Waals surface area contributed by atoms with Crippen molar-refractivity contribution in [2.75, 3.05) is 18.0 Å². The van der Waals surface area contributed by atoms with Gasteiger partial charge in [-0.1, -0.05) is 19.1 Å². The summed E-state index contributed by atoms with van der Waals surface area (Å²) >= 11 is 0. The highest BCUT2D eigenvalue weighted by Crippen LogP contribution is 2.38. The maximum Gasteiger partial charge on any atom is 0.256 e. The van der Waals surface area contributed by atoms with E-state index in [9.17, 15) is 10.1 Å². The molecule has 0 N–H and O–H groups in total. The van der Waals surface area contributed by atoms with Gasteiger partial charge in [-0.25, -0.2) is 4.98 Å². The Morgan fingerprint density at radius 1 is 1.19 bits per heavy atom. The molecule has 8 nitrogen and oxygen atoms in total. The summed E-state index contributed by atoms with van der Waals surface area (Å²) in [6, 6.07) is 13.7. The van der Waals surface area contributed by atoms with E-state index in [1.54, 1.807) is 24.7 Å². The van der Waals surface area contributed by atoms with Crippen LogP contribution in [0.4, 0.5) is 5.82 Å². The number of fused-ring (bicyclic) bond motifs is 1. The molecule has 3 aromatic rings. The molecule has 0 spiro atoms. The fraction of sp³-hybridized carbons (Fsp3) is 0.375. The molecule has 0 bridgehead atoms. The van der Waals surface area contributed by atoms with Crippen molar-refractivity contribution in [2.45, 2.75) is 38.3 Å². The van der Waals surface area contributed by atoms with Gasteiger partial charge in [0, 0.05) is 25.3 Å². The summed E-state index contributed by atoms with van der Waals surface area (Å²) in [7, 11) is 0. The number of hydrogen-bond acceptors (Lipinski definition) is 6. The van der Waals surface area contributed by atoms with E-state index in [-0.39, 0.29) is 18.0 Å². The maximum absolute atomic E-state index is 13.8. The number of benzene rings is 1. The summed E-state index contributed by atoms with van der Waals surface area (Å²) in [6.45, 7) is 3.68. The molecule has 0 unspecified atom stereocenters. The Labute approximate surface area is 187 Å². The molecule has 0 radical (unpaired) electrons. The lowest BCUT2D eigenvalue weighted by Gasteiger charge is -2.44. The van der Waals surface area contributed by atoms with Gasteiger partial charge >= 0.3 is 0 Å².